The van der Waals surface area contributed by atoms with Crippen molar-refractivity contribution in [3.63, 3.8) is 0 Å². The van der Waals surface area contributed by atoms with Gasteiger partial charge in [0, 0.05) is 6.54 Å². The molecule has 0 aliphatic rings. The van der Waals surface area contributed by atoms with Gasteiger partial charge in [0.15, 0.2) is 5.01 Å². The Morgan fingerprint density at radius 3 is 2.93 bits per heavy atom. The summed E-state index contributed by atoms with van der Waals surface area (Å²) >= 11 is 3.34. The molecule has 1 N–H and O–H groups in total. The zero-order valence-electron chi connectivity index (χ0n) is 8.78. The van der Waals surface area contributed by atoms with Gasteiger partial charge in [-0.15, -0.1) is 21.5 Å². The summed E-state index contributed by atoms with van der Waals surface area (Å²) in [5.41, 5.74) is 1.28. The minimum atomic E-state index is 0.916. The van der Waals surface area contributed by atoms with Crippen LogP contribution in [0.25, 0.3) is 9.88 Å². The first-order valence-electron chi connectivity index (χ1n) is 4.93. The lowest BCUT2D eigenvalue weighted by atomic mass is 10.3. The van der Waals surface area contributed by atoms with E-state index in [0.29, 0.717) is 0 Å². The lowest BCUT2D eigenvalue weighted by Crippen LogP contribution is -1.98. The van der Waals surface area contributed by atoms with E-state index in [4.69, 9.17) is 0 Å². The minimum absolute atomic E-state index is 0.916. The lowest BCUT2D eigenvalue weighted by molar-refractivity contribution is 0.964. The molecular weight excluding hydrogens is 226 g/mol. The molecule has 0 aliphatic heterocycles. The van der Waals surface area contributed by atoms with Gasteiger partial charge < -0.3 is 5.32 Å². The number of anilines is 1. The second kappa shape index (κ2) is 4.72. The Kier molecular flexibility index (Phi) is 3.33. The highest BCUT2D eigenvalue weighted by molar-refractivity contribution is 7.23. The Morgan fingerprint density at radius 2 is 2.27 bits per heavy atom. The highest BCUT2D eigenvalue weighted by atomic mass is 32.1. The summed E-state index contributed by atoms with van der Waals surface area (Å²) in [6.07, 6.45) is 1.10. The van der Waals surface area contributed by atoms with Crippen molar-refractivity contribution in [2.24, 2.45) is 0 Å². The fourth-order valence-electron chi connectivity index (χ4n) is 1.21. The number of nitrogens with one attached hydrogen (secondary N) is 1. The summed E-state index contributed by atoms with van der Waals surface area (Å²) in [7, 11) is 0. The van der Waals surface area contributed by atoms with E-state index in [1.165, 1.54) is 10.4 Å². The van der Waals surface area contributed by atoms with Crippen molar-refractivity contribution >= 4 is 27.8 Å². The summed E-state index contributed by atoms with van der Waals surface area (Å²) in [5.74, 6) is 0. The van der Waals surface area contributed by atoms with E-state index in [1.54, 1.807) is 22.7 Å². The first-order chi connectivity index (χ1) is 7.31. The molecule has 0 aliphatic carbocycles. The number of hydrogen-bond acceptors (Lipinski definition) is 5. The van der Waals surface area contributed by atoms with Crippen molar-refractivity contribution in [3.05, 3.63) is 17.0 Å². The van der Waals surface area contributed by atoms with E-state index < -0.39 is 0 Å². The van der Waals surface area contributed by atoms with Gasteiger partial charge >= 0.3 is 0 Å². The molecule has 0 spiro atoms. The molecule has 2 aromatic heterocycles. The van der Waals surface area contributed by atoms with E-state index in [0.717, 1.165) is 23.1 Å². The number of aromatic nitrogens is 2. The van der Waals surface area contributed by atoms with Crippen LogP contribution in [0.4, 0.5) is 5.13 Å². The molecule has 2 heterocycles. The Balaban J connectivity index is 2.17. The molecule has 2 aromatic rings. The van der Waals surface area contributed by atoms with Crippen molar-refractivity contribution in [2.45, 2.75) is 20.3 Å². The van der Waals surface area contributed by atoms with Crippen LogP contribution in [0, 0.1) is 6.92 Å². The SMILES string of the molecule is CCCNc1nnc(-c2sccc2C)s1. The Bertz CT molecular complexity index is 433. The van der Waals surface area contributed by atoms with Crippen LogP contribution in [0.1, 0.15) is 18.9 Å². The quantitative estimate of drug-likeness (QED) is 0.888. The van der Waals surface area contributed by atoms with Crippen LogP contribution in [-0.2, 0) is 0 Å². The van der Waals surface area contributed by atoms with Crippen molar-refractivity contribution in [2.75, 3.05) is 11.9 Å². The fourth-order valence-corrected chi connectivity index (χ4v) is 3.06. The summed E-state index contributed by atoms with van der Waals surface area (Å²) in [5, 5.41) is 15.6. The van der Waals surface area contributed by atoms with Gasteiger partial charge in [0.25, 0.3) is 0 Å². The summed E-state index contributed by atoms with van der Waals surface area (Å²) in [6, 6.07) is 2.11. The van der Waals surface area contributed by atoms with Crippen LogP contribution in [0.3, 0.4) is 0 Å². The second-order valence-corrected chi connectivity index (χ2v) is 5.17. The molecule has 0 amide bonds. The van der Waals surface area contributed by atoms with Crippen molar-refractivity contribution < 1.29 is 0 Å². The third kappa shape index (κ3) is 2.35. The Labute approximate surface area is 97.2 Å². The molecule has 0 radical (unpaired) electrons. The number of rotatable bonds is 4. The van der Waals surface area contributed by atoms with Crippen molar-refractivity contribution in [1.29, 1.82) is 0 Å². The molecule has 0 unspecified atom stereocenters. The van der Waals surface area contributed by atoms with Gasteiger partial charge in [-0.3, -0.25) is 0 Å². The highest BCUT2D eigenvalue weighted by Crippen LogP contribution is 2.32. The topological polar surface area (TPSA) is 37.8 Å². The van der Waals surface area contributed by atoms with Crippen molar-refractivity contribution in [1.82, 2.24) is 10.2 Å². The Hall–Kier alpha value is -0.940. The van der Waals surface area contributed by atoms with E-state index in [2.05, 4.69) is 40.8 Å². The molecule has 3 nitrogen and oxygen atoms in total. The molecule has 0 saturated carbocycles. The molecule has 2 rings (SSSR count). The number of hydrogen-bond donors (Lipinski definition) is 1. The van der Waals surface area contributed by atoms with Crippen LogP contribution < -0.4 is 5.32 Å². The van der Waals surface area contributed by atoms with E-state index in [9.17, 15) is 0 Å². The summed E-state index contributed by atoms with van der Waals surface area (Å²) in [4.78, 5) is 1.23. The van der Waals surface area contributed by atoms with Crippen LogP contribution in [0.5, 0.6) is 0 Å². The smallest absolute Gasteiger partial charge is 0.206 e. The average molecular weight is 239 g/mol. The molecule has 0 atom stereocenters. The Morgan fingerprint density at radius 1 is 1.40 bits per heavy atom. The third-order valence-electron chi connectivity index (χ3n) is 2.01. The van der Waals surface area contributed by atoms with Crippen LogP contribution >= 0.6 is 22.7 Å². The van der Waals surface area contributed by atoms with Crippen LogP contribution in [0.2, 0.25) is 0 Å². The van der Waals surface area contributed by atoms with E-state index in [-0.39, 0.29) is 0 Å². The normalized spacial score (nSPS) is 10.5. The summed E-state index contributed by atoms with van der Waals surface area (Å²) < 4.78 is 0. The molecule has 0 bridgehead atoms. The molecular formula is C10H13N3S2. The van der Waals surface area contributed by atoms with Gasteiger partial charge in [-0.05, 0) is 30.4 Å². The predicted octanol–water partition coefficient (Wildman–Crippen LogP) is 3.40. The van der Waals surface area contributed by atoms with Crippen LogP contribution in [0.15, 0.2) is 11.4 Å². The lowest BCUT2D eigenvalue weighted by Gasteiger charge is -1.95. The first kappa shape index (κ1) is 10.6. The number of thiophene rings is 1. The maximum absolute atomic E-state index is 4.19. The summed E-state index contributed by atoms with van der Waals surface area (Å²) in [6.45, 7) is 5.20. The van der Waals surface area contributed by atoms with Gasteiger partial charge in [-0.2, -0.15) is 0 Å². The number of aryl methyl sites for hydroxylation is 1. The van der Waals surface area contributed by atoms with Gasteiger partial charge in [-0.25, -0.2) is 0 Å². The zero-order valence-corrected chi connectivity index (χ0v) is 10.4. The monoisotopic (exact) mass is 239 g/mol. The molecule has 80 valence electrons. The van der Waals surface area contributed by atoms with Gasteiger partial charge in [0.2, 0.25) is 5.13 Å². The van der Waals surface area contributed by atoms with Crippen LogP contribution in [-0.4, -0.2) is 16.7 Å². The highest BCUT2D eigenvalue weighted by Gasteiger charge is 2.09. The maximum atomic E-state index is 4.19. The van der Waals surface area contributed by atoms with Gasteiger partial charge in [0.05, 0.1) is 4.88 Å². The second-order valence-electron chi connectivity index (χ2n) is 3.27. The standard InChI is InChI=1S/C10H13N3S2/c1-3-5-11-10-13-12-9(15-10)8-7(2)4-6-14-8/h4,6H,3,5H2,1-2H3,(H,11,13). The first-order valence-corrected chi connectivity index (χ1v) is 6.62. The molecule has 15 heavy (non-hydrogen) atoms. The zero-order chi connectivity index (χ0) is 10.7. The molecule has 5 heteroatoms. The third-order valence-corrected chi connectivity index (χ3v) is 4.06. The van der Waals surface area contributed by atoms with Crippen molar-refractivity contribution in [3.8, 4) is 9.88 Å². The predicted molar refractivity (Wildman–Crippen MR) is 66.7 cm³/mol. The number of nitrogens with zero attached hydrogens (tertiary/aromatic N) is 2. The molecule has 0 fully saturated rings. The largest absolute Gasteiger partial charge is 0.360 e. The van der Waals surface area contributed by atoms with E-state index >= 15 is 0 Å². The van der Waals surface area contributed by atoms with E-state index in [1.807, 2.05) is 0 Å². The van der Waals surface area contributed by atoms with Gasteiger partial charge in [0.1, 0.15) is 0 Å². The minimum Gasteiger partial charge on any atom is -0.360 e. The maximum Gasteiger partial charge on any atom is 0.206 e. The fraction of sp³-hybridized carbons (Fsp3) is 0.400. The molecule has 0 saturated heterocycles. The molecule has 0 aromatic carbocycles. The van der Waals surface area contributed by atoms with Gasteiger partial charge in [-0.1, -0.05) is 18.3 Å². The average Bonchev–Trinajstić information content (AvgIpc) is 2.83.